The van der Waals surface area contributed by atoms with Crippen molar-refractivity contribution >= 4 is 11.9 Å². The van der Waals surface area contributed by atoms with Crippen LogP contribution < -0.4 is 0 Å². The van der Waals surface area contributed by atoms with Gasteiger partial charge in [0.25, 0.3) is 0 Å². The Morgan fingerprint density at radius 2 is 1.69 bits per heavy atom. The van der Waals surface area contributed by atoms with E-state index in [0.717, 1.165) is 25.7 Å². The van der Waals surface area contributed by atoms with Crippen LogP contribution in [0.4, 0.5) is 0 Å². The Balaban J connectivity index is 0. The Morgan fingerprint density at radius 3 is 1.88 bits per heavy atom. The number of unbranched alkanes of at least 4 members (excludes halogenated alkanes) is 1. The van der Waals surface area contributed by atoms with Crippen molar-refractivity contribution in [1.29, 1.82) is 0 Å². The van der Waals surface area contributed by atoms with E-state index >= 15 is 0 Å². The molecule has 0 aromatic rings. The average Bonchev–Trinajstić information content (AvgIpc) is 2.19. The normalized spacial score (nSPS) is 10.9. The van der Waals surface area contributed by atoms with Crippen LogP contribution in [-0.2, 0) is 9.59 Å². The first-order chi connectivity index (χ1) is 7.36. The van der Waals surface area contributed by atoms with Crippen molar-refractivity contribution in [2.45, 2.75) is 46.5 Å². The van der Waals surface area contributed by atoms with Crippen molar-refractivity contribution < 1.29 is 19.8 Å². The van der Waals surface area contributed by atoms with Gasteiger partial charge in [-0.25, -0.2) is 4.79 Å². The van der Waals surface area contributed by atoms with Gasteiger partial charge in [0.15, 0.2) is 0 Å². The fraction of sp³-hybridized carbons (Fsp3) is 0.667. The fourth-order valence-corrected chi connectivity index (χ4v) is 0.953. The SMILES string of the molecule is C=C(C)C(=O)O.CCCCC(CC)C(=O)O. The minimum Gasteiger partial charge on any atom is -0.481 e. The number of carboxylic acid groups (broad SMARTS) is 2. The molecule has 0 radical (unpaired) electrons. The maximum absolute atomic E-state index is 10.4. The van der Waals surface area contributed by atoms with E-state index in [1.165, 1.54) is 6.92 Å². The molecule has 0 aromatic heterocycles. The minimum absolute atomic E-state index is 0.111. The molecule has 0 rings (SSSR count). The second kappa shape index (κ2) is 10.2. The third-order valence-electron chi connectivity index (χ3n) is 2.11. The number of carboxylic acids is 2. The van der Waals surface area contributed by atoms with Gasteiger partial charge in [0, 0.05) is 5.57 Å². The summed E-state index contributed by atoms with van der Waals surface area (Å²) in [4.78, 5) is 20.0. The molecule has 16 heavy (non-hydrogen) atoms. The van der Waals surface area contributed by atoms with E-state index < -0.39 is 11.9 Å². The number of aliphatic carboxylic acids is 2. The van der Waals surface area contributed by atoms with E-state index in [1.54, 1.807) is 0 Å². The summed E-state index contributed by atoms with van der Waals surface area (Å²) in [6, 6.07) is 0. The molecule has 4 nitrogen and oxygen atoms in total. The van der Waals surface area contributed by atoms with Gasteiger partial charge in [-0.1, -0.05) is 33.3 Å². The van der Waals surface area contributed by atoms with E-state index in [1.807, 2.05) is 6.92 Å². The highest BCUT2D eigenvalue weighted by atomic mass is 16.4. The maximum Gasteiger partial charge on any atom is 0.330 e. The maximum atomic E-state index is 10.4. The molecule has 2 N–H and O–H groups in total. The zero-order valence-electron chi connectivity index (χ0n) is 10.3. The lowest BCUT2D eigenvalue weighted by Crippen LogP contribution is -2.11. The predicted molar refractivity (Wildman–Crippen MR) is 63.4 cm³/mol. The summed E-state index contributed by atoms with van der Waals surface area (Å²) >= 11 is 0. The third-order valence-corrected chi connectivity index (χ3v) is 2.11. The highest BCUT2D eigenvalue weighted by Gasteiger charge is 2.12. The van der Waals surface area contributed by atoms with Gasteiger partial charge in [0.05, 0.1) is 5.92 Å². The van der Waals surface area contributed by atoms with Gasteiger partial charge in [-0.2, -0.15) is 0 Å². The molecule has 0 spiro atoms. The summed E-state index contributed by atoms with van der Waals surface area (Å²) in [5.41, 5.74) is 0.176. The molecule has 0 bridgehead atoms. The van der Waals surface area contributed by atoms with Crippen LogP contribution in [0.3, 0.4) is 0 Å². The largest absolute Gasteiger partial charge is 0.481 e. The molecule has 0 saturated carbocycles. The van der Waals surface area contributed by atoms with E-state index in [2.05, 4.69) is 13.5 Å². The molecule has 0 aliphatic rings. The zero-order valence-corrected chi connectivity index (χ0v) is 10.3. The quantitative estimate of drug-likeness (QED) is 0.688. The standard InChI is InChI=1S/C8H16O2.C4H6O2/c1-3-5-6-7(4-2)8(9)10;1-3(2)4(5)6/h7H,3-6H2,1-2H3,(H,9,10);1H2,2H3,(H,5,6). The van der Waals surface area contributed by atoms with Gasteiger partial charge >= 0.3 is 11.9 Å². The van der Waals surface area contributed by atoms with Crippen LogP contribution in [-0.4, -0.2) is 22.2 Å². The summed E-state index contributed by atoms with van der Waals surface area (Å²) in [5.74, 6) is -1.69. The molecule has 0 aromatic carbocycles. The third kappa shape index (κ3) is 10.8. The van der Waals surface area contributed by atoms with Crippen molar-refractivity contribution in [2.24, 2.45) is 5.92 Å². The van der Waals surface area contributed by atoms with Crippen LogP contribution >= 0.6 is 0 Å². The lowest BCUT2D eigenvalue weighted by atomic mass is 10.00. The predicted octanol–water partition coefficient (Wildman–Crippen LogP) is 2.93. The van der Waals surface area contributed by atoms with Crippen LogP contribution in [0, 0.1) is 5.92 Å². The summed E-state index contributed by atoms with van der Waals surface area (Å²) < 4.78 is 0. The van der Waals surface area contributed by atoms with Crippen LogP contribution in [0.2, 0.25) is 0 Å². The van der Waals surface area contributed by atoms with Crippen molar-refractivity contribution in [3.63, 3.8) is 0 Å². The van der Waals surface area contributed by atoms with E-state index in [4.69, 9.17) is 10.2 Å². The van der Waals surface area contributed by atoms with E-state index in [-0.39, 0.29) is 11.5 Å². The van der Waals surface area contributed by atoms with Gasteiger partial charge in [0.1, 0.15) is 0 Å². The van der Waals surface area contributed by atoms with Crippen LogP contribution in [0.15, 0.2) is 12.2 Å². The lowest BCUT2D eigenvalue weighted by molar-refractivity contribution is -0.142. The van der Waals surface area contributed by atoms with Crippen molar-refractivity contribution in [3.8, 4) is 0 Å². The molecule has 0 amide bonds. The molecule has 0 saturated heterocycles. The minimum atomic E-state index is -0.935. The highest BCUT2D eigenvalue weighted by molar-refractivity contribution is 5.84. The molecule has 4 heteroatoms. The molecule has 94 valence electrons. The van der Waals surface area contributed by atoms with Gasteiger partial charge in [0.2, 0.25) is 0 Å². The van der Waals surface area contributed by atoms with Gasteiger partial charge < -0.3 is 10.2 Å². The number of carbonyl (C=O) groups is 2. The lowest BCUT2D eigenvalue weighted by Gasteiger charge is -2.06. The molecule has 1 unspecified atom stereocenters. The first-order valence-corrected chi connectivity index (χ1v) is 5.48. The molecule has 0 heterocycles. The first-order valence-electron chi connectivity index (χ1n) is 5.48. The summed E-state index contributed by atoms with van der Waals surface area (Å²) in [6.45, 7) is 8.60. The van der Waals surface area contributed by atoms with E-state index in [9.17, 15) is 9.59 Å². The Morgan fingerprint density at radius 1 is 1.25 bits per heavy atom. The van der Waals surface area contributed by atoms with E-state index in [0.29, 0.717) is 0 Å². The molecular weight excluding hydrogens is 208 g/mol. The Labute approximate surface area is 97.0 Å². The molecule has 0 aliphatic carbocycles. The summed E-state index contributed by atoms with van der Waals surface area (Å²) in [6.07, 6.45) is 3.71. The first kappa shape index (κ1) is 17.1. The second-order valence-corrected chi connectivity index (χ2v) is 3.67. The molecule has 0 fully saturated rings. The van der Waals surface area contributed by atoms with Gasteiger partial charge in [-0.3, -0.25) is 4.79 Å². The van der Waals surface area contributed by atoms with Crippen LogP contribution in [0.5, 0.6) is 0 Å². The smallest absolute Gasteiger partial charge is 0.330 e. The molecular formula is C12H22O4. The summed E-state index contributed by atoms with van der Waals surface area (Å²) in [5, 5.41) is 16.5. The number of rotatable bonds is 6. The number of hydrogen-bond acceptors (Lipinski definition) is 2. The van der Waals surface area contributed by atoms with Gasteiger partial charge in [-0.05, 0) is 19.8 Å². The van der Waals surface area contributed by atoms with Gasteiger partial charge in [-0.15, -0.1) is 0 Å². The highest BCUT2D eigenvalue weighted by Crippen LogP contribution is 2.11. The zero-order chi connectivity index (χ0) is 13.1. The van der Waals surface area contributed by atoms with Crippen LogP contribution in [0.25, 0.3) is 0 Å². The molecule has 1 atom stereocenters. The summed E-state index contributed by atoms with van der Waals surface area (Å²) in [7, 11) is 0. The fourth-order valence-electron chi connectivity index (χ4n) is 0.953. The Kier molecular flexibility index (Phi) is 10.9. The van der Waals surface area contributed by atoms with Crippen molar-refractivity contribution in [1.82, 2.24) is 0 Å². The average molecular weight is 230 g/mol. The Hall–Kier alpha value is -1.32. The number of hydrogen-bond donors (Lipinski definition) is 2. The van der Waals surface area contributed by atoms with Crippen LogP contribution in [0.1, 0.15) is 46.5 Å². The second-order valence-electron chi connectivity index (χ2n) is 3.67. The topological polar surface area (TPSA) is 74.6 Å². The van der Waals surface area contributed by atoms with Crippen molar-refractivity contribution in [2.75, 3.05) is 0 Å². The monoisotopic (exact) mass is 230 g/mol. The van der Waals surface area contributed by atoms with Crippen molar-refractivity contribution in [3.05, 3.63) is 12.2 Å². The molecule has 0 aliphatic heterocycles. The Bertz CT molecular complexity index is 221.